The first-order chi connectivity index (χ1) is 9.78. The Morgan fingerprint density at radius 3 is 2.30 bits per heavy atom. The molecular weight excluding hydrogens is 256 g/mol. The van der Waals surface area contributed by atoms with Crippen molar-refractivity contribution < 1.29 is 14.3 Å². The molecule has 2 N–H and O–H groups in total. The van der Waals surface area contributed by atoms with E-state index in [1.165, 1.54) is 7.11 Å². The summed E-state index contributed by atoms with van der Waals surface area (Å²) in [5.74, 6) is 1.48. The van der Waals surface area contributed by atoms with Crippen LogP contribution in [0, 0.1) is 0 Å². The topological polar surface area (TPSA) is 59.6 Å². The van der Waals surface area contributed by atoms with Crippen molar-refractivity contribution in [3.63, 3.8) is 0 Å². The Hall–Kier alpha value is -2.53. The van der Waals surface area contributed by atoms with E-state index in [1.54, 1.807) is 24.3 Å². The van der Waals surface area contributed by atoms with E-state index in [0.717, 1.165) is 5.75 Å². The number of rotatable bonds is 5. The van der Waals surface area contributed by atoms with Gasteiger partial charge < -0.3 is 20.1 Å². The third-order valence-corrected chi connectivity index (χ3v) is 2.47. The van der Waals surface area contributed by atoms with Gasteiger partial charge in [-0.05, 0) is 36.4 Å². The minimum absolute atomic E-state index is 0.168. The van der Waals surface area contributed by atoms with Crippen LogP contribution in [0.2, 0.25) is 0 Å². The van der Waals surface area contributed by atoms with Crippen molar-refractivity contribution in [3.8, 4) is 11.5 Å². The minimum atomic E-state index is -0.316. The Balaban J connectivity index is 1.91. The van der Waals surface area contributed by atoms with Crippen molar-refractivity contribution >= 4 is 11.7 Å². The molecule has 2 rings (SSSR count). The fraction of sp³-hybridized carbons (Fsp3) is 0.133. The molecule has 0 atom stereocenters. The van der Waals surface area contributed by atoms with Crippen LogP contribution in [0.1, 0.15) is 0 Å². The van der Waals surface area contributed by atoms with Gasteiger partial charge in [-0.1, -0.05) is 18.2 Å². The summed E-state index contributed by atoms with van der Waals surface area (Å²) in [6.07, 6.45) is 0. The molecule has 0 fully saturated rings. The first-order valence-electron chi connectivity index (χ1n) is 6.14. The maximum absolute atomic E-state index is 11.4. The fourth-order valence-corrected chi connectivity index (χ4v) is 1.54. The Bertz CT molecular complexity index is 541. The summed E-state index contributed by atoms with van der Waals surface area (Å²) in [6.45, 7) is 0.168. The third-order valence-electron chi connectivity index (χ3n) is 2.47. The monoisotopic (exact) mass is 272 g/mol. The Morgan fingerprint density at radius 1 is 1.00 bits per heavy atom. The molecule has 0 aliphatic rings. The Morgan fingerprint density at radius 2 is 1.65 bits per heavy atom. The summed E-state index contributed by atoms with van der Waals surface area (Å²) in [4.78, 5) is 11.4. The first kappa shape index (κ1) is 13.9. The molecule has 0 unspecified atom stereocenters. The smallest absolute Gasteiger partial charge is 0.321 e. The highest BCUT2D eigenvalue weighted by molar-refractivity contribution is 5.89. The van der Waals surface area contributed by atoms with Crippen LogP contribution in [0.15, 0.2) is 54.6 Å². The zero-order valence-corrected chi connectivity index (χ0v) is 11.1. The fourth-order valence-electron chi connectivity index (χ4n) is 1.54. The van der Waals surface area contributed by atoms with Gasteiger partial charge in [0, 0.05) is 12.8 Å². The second kappa shape index (κ2) is 7.16. The molecule has 0 saturated heterocycles. The number of hydrogen-bond acceptors (Lipinski definition) is 3. The maximum atomic E-state index is 11.4. The molecule has 0 aliphatic heterocycles. The predicted molar refractivity (Wildman–Crippen MR) is 77.0 cm³/mol. The molecule has 0 radical (unpaired) electrons. The van der Waals surface area contributed by atoms with Crippen LogP contribution < -0.4 is 15.4 Å². The molecule has 20 heavy (non-hydrogen) atoms. The number of amides is 2. The van der Waals surface area contributed by atoms with Gasteiger partial charge in [0.15, 0.2) is 0 Å². The van der Waals surface area contributed by atoms with Crippen molar-refractivity contribution in [1.82, 2.24) is 5.32 Å². The van der Waals surface area contributed by atoms with Gasteiger partial charge in [-0.25, -0.2) is 4.79 Å². The predicted octanol–water partition coefficient (Wildman–Crippen LogP) is 3.20. The first-order valence-corrected chi connectivity index (χ1v) is 6.14. The van der Waals surface area contributed by atoms with E-state index in [0.29, 0.717) is 11.4 Å². The summed E-state index contributed by atoms with van der Waals surface area (Å²) in [5, 5.41) is 5.21. The summed E-state index contributed by atoms with van der Waals surface area (Å²) < 4.78 is 10.4. The number of benzene rings is 2. The van der Waals surface area contributed by atoms with Gasteiger partial charge >= 0.3 is 6.03 Å². The lowest BCUT2D eigenvalue weighted by Crippen LogP contribution is -2.30. The number of carbonyl (C=O) groups excluding carboxylic acids is 1. The zero-order chi connectivity index (χ0) is 14.2. The summed E-state index contributed by atoms with van der Waals surface area (Å²) in [5.41, 5.74) is 0.680. The number of nitrogens with one attached hydrogen (secondary N) is 2. The van der Waals surface area contributed by atoms with Crippen LogP contribution in [0.4, 0.5) is 10.5 Å². The van der Waals surface area contributed by atoms with Gasteiger partial charge in [0.05, 0.1) is 0 Å². The quantitative estimate of drug-likeness (QED) is 0.822. The molecule has 0 bridgehead atoms. The highest BCUT2D eigenvalue weighted by Crippen LogP contribution is 2.22. The van der Waals surface area contributed by atoms with Crippen LogP contribution in [0.3, 0.4) is 0 Å². The maximum Gasteiger partial charge on any atom is 0.321 e. The number of anilines is 1. The van der Waals surface area contributed by atoms with Crippen molar-refractivity contribution in [2.75, 3.05) is 19.2 Å². The van der Waals surface area contributed by atoms with E-state index in [2.05, 4.69) is 10.6 Å². The number of hydrogen-bond donors (Lipinski definition) is 2. The Kier molecular flexibility index (Phi) is 4.97. The second-order valence-corrected chi connectivity index (χ2v) is 4.00. The molecule has 5 heteroatoms. The number of carbonyl (C=O) groups is 1. The van der Waals surface area contributed by atoms with Crippen molar-refractivity contribution in [3.05, 3.63) is 54.6 Å². The standard InChI is InChI=1S/C15H16N2O3/c1-19-11-16-15(18)17-12-7-9-14(10-8-12)20-13-5-3-2-4-6-13/h2-10H,11H2,1H3,(H2,16,17,18). The van der Waals surface area contributed by atoms with E-state index < -0.39 is 0 Å². The summed E-state index contributed by atoms with van der Waals surface area (Å²) in [6, 6.07) is 16.3. The van der Waals surface area contributed by atoms with Crippen LogP contribution in [0.25, 0.3) is 0 Å². The molecule has 2 aromatic carbocycles. The van der Waals surface area contributed by atoms with E-state index >= 15 is 0 Å². The molecule has 2 aromatic rings. The van der Waals surface area contributed by atoms with Crippen molar-refractivity contribution in [1.29, 1.82) is 0 Å². The lowest BCUT2D eigenvalue weighted by atomic mass is 10.3. The SMILES string of the molecule is COCNC(=O)Nc1ccc(Oc2ccccc2)cc1. The van der Waals surface area contributed by atoms with Gasteiger partial charge in [0.1, 0.15) is 18.2 Å². The zero-order valence-electron chi connectivity index (χ0n) is 11.1. The normalized spacial score (nSPS) is 9.85. The average Bonchev–Trinajstić information content (AvgIpc) is 2.48. The van der Waals surface area contributed by atoms with Crippen LogP contribution in [-0.4, -0.2) is 19.9 Å². The third kappa shape index (κ3) is 4.29. The van der Waals surface area contributed by atoms with Gasteiger partial charge in [0.2, 0.25) is 0 Å². The second-order valence-electron chi connectivity index (χ2n) is 4.00. The van der Waals surface area contributed by atoms with Crippen LogP contribution in [0.5, 0.6) is 11.5 Å². The van der Waals surface area contributed by atoms with E-state index in [-0.39, 0.29) is 12.8 Å². The number of para-hydroxylation sites is 1. The van der Waals surface area contributed by atoms with Crippen molar-refractivity contribution in [2.24, 2.45) is 0 Å². The highest BCUT2D eigenvalue weighted by atomic mass is 16.5. The lowest BCUT2D eigenvalue weighted by molar-refractivity contribution is 0.177. The Labute approximate surface area is 117 Å². The summed E-state index contributed by atoms with van der Waals surface area (Å²) in [7, 11) is 1.51. The van der Waals surface area contributed by atoms with Gasteiger partial charge in [-0.15, -0.1) is 0 Å². The molecule has 5 nitrogen and oxygen atoms in total. The molecule has 2 amide bonds. The number of methoxy groups -OCH3 is 1. The van der Waals surface area contributed by atoms with Crippen LogP contribution >= 0.6 is 0 Å². The molecule has 104 valence electrons. The molecule has 0 heterocycles. The molecule has 0 spiro atoms. The molecule has 0 aliphatic carbocycles. The van der Waals surface area contributed by atoms with E-state index in [1.807, 2.05) is 30.3 Å². The van der Waals surface area contributed by atoms with Crippen molar-refractivity contribution in [2.45, 2.75) is 0 Å². The van der Waals surface area contributed by atoms with E-state index in [9.17, 15) is 4.79 Å². The van der Waals surface area contributed by atoms with E-state index in [4.69, 9.17) is 9.47 Å². The van der Waals surface area contributed by atoms with Crippen LogP contribution in [-0.2, 0) is 4.74 Å². The molecule has 0 saturated carbocycles. The minimum Gasteiger partial charge on any atom is -0.457 e. The summed E-state index contributed by atoms with van der Waals surface area (Å²) >= 11 is 0. The van der Waals surface area contributed by atoms with Gasteiger partial charge in [-0.2, -0.15) is 0 Å². The number of ether oxygens (including phenoxy) is 2. The lowest BCUT2D eigenvalue weighted by Gasteiger charge is -2.08. The largest absolute Gasteiger partial charge is 0.457 e. The van der Waals surface area contributed by atoms with Gasteiger partial charge in [0.25, 0.3) is 0 Å². The number of urea groups is 1. The van der Waals surface area contributed by atoms with Gasteiger partial charge in [-0.3, -0.25) is 0 Å². The molecule has 0 aromatic heterocycles. The highest BCUT2D eigenvalue weighted by Gasteiger charge is 2.01. The molecular formula is C15H16N2O3. The average molecular weight is 272 g/mol.